The molecule has 0 atom stereocenters. The van der Waals surface area contributed by atoms with Gasteiger partial charge in [0.15, 0.2) is 0 Å². The lowest BCUT2D eigenvalue weighted by Crippen LogP contribution is -2.47. The Kier molecular flexibility index (Phi) is 2.98. The average Bonchev–Trinajstić information content (AvgIpc) is 3.09. The SMILES string of the molecule is N#Cc1cnn(C2CN(Cc3cnn4c3COCC4)C2)c1. The molecule has 2 aliphatic heterocycles. The molecule has 1 fully saturated rings. The molecule has 0 bridgehead atoms. The van der Waals surface area contributed by atoms with E-state index in [1.807, 2.05) is 21.8 Å². The Hall–Kier alpha value is -2.17. The van der Waals surface area contributed by atoms with Gasteiger partial charge in [0.25, 0.3) is 0 Å². The Morgan fingerprint density at radius 3 is 3.05 bits per heavy atom. The van der Waals surface area contributed by atoms with Gasteiger partial charge in [-0.2, -0.15) is 15.5 Å². The summed E-state index contributed by atoms with van der Waals surface area (Å²) < 4.78 is 9.45. The first-order valence-corrected chi connectivity index (χ1v) is 7.11. The second-order valence-electron chi connectivity index (χ2n) is 5.56. The van der Waals surface area contributed by atoms with Crippen molar-refractivity contribution >= 4 is 0 Å². The fourth-order valence-electron chi connectivity index (χ4n) is 2.94. The lowest BCUT2D eigenvalue weighted by atomic mass is 10.1. The highest BCUT2D eigenvalue weighted by Gasteiger charge is 2.30. The van der Waals surface area contributed by atoms with E-state index in [1.165, 1.54) is 11.3 Å². The predicted octanol–water partition coefficient (Wildman–Crippen LogP) is 0.538. The molecule has 7 nitrogen and oxygen atoms in total. The van der Waals surface area contributed by atoms with Gasteiger partial charge in [0.1, 0.15) is 6.07 Å². The standard InChI is InChI=1S/C14H16N6O/c15-3-11-4-16-20(6-11)13-8-18(9-13)7-12-5-17-19-1-2-21-10-14(12)19/h4-6,13H,1-2,7-10H2. The monoisotopic (exact) mass is 284 g/mol. The topological polar surface area (TPSA) is 71.9 Å². The van der Waals surface area contributed by atoms with Gasteiger partial charge in [-0.1, -0.05) is 0 Å². The van der Waals surface area contributed by atoms with Gasteiger partial charge < -0.3 is 4.74 Å². The van der Waals surface area contributed by atoms with Crippen LogP contribution in [0.4, 0.5) is 0 Å². The van der Waals surface area contributed by atoms with Gasteiger partial charge in [-0.3, -0.25) is 14.3 Å². The first-order chi connectivity index (χ1) is 10.3. The summed E-state index contributed by atoms with van der Waals surface area (Å²) in [6.45, 7) is 5.08. The van der Waals surface area contributed by atoms with E-state index in [4.69, 9.17) is 10.00 Å². The maximum Gasteiger partial charge on any atom is 0.102 e. The van der Waals surface area contributed by atoms with Crippen LogP contribution in [0.1, 0.15) is 22.9 Å². The minimum atomic E-state index is 0.370. The van der Waals surface area contributed by atoms with Gasteiger partial charge >= 0.3 is 0 Å². The van der Waals surface area contributed by atoms with Crippen LogP contribution in [-0.2, 0) is 24.4 Å². The summed E-state index contributed by atoms with van der Waals surface area (Å²) in [6, 6.07) is 2.48. The molecule has 0 aliphatic carbocycles. The summed E-state index contributed by atoms with van der Waals surface area (Å²) in [5.74, 6) is 0. The lowest BCUT2D eigenvalue weighted by molar-refractivity contribution is 0.0729. The molecule has 21 heavy (non-hydrogen) atoms. The zero-order valence-electron chi connectivity index (χ0n) is 11.6. The number of fused-ring (bicyclic) bond motifs is 1. The fourth-order valence-corrected chi connectivity index (χ4v) is 2.94. The molecule has 7 heteroatoms. The second-order valence-corrected chi connectivity index (χ2v) is 5.56. The molecule has 0 saturated carbocycles. The number of aromatic nitrogens is 4. The van der Waals surface area contributed by atoms with E-state index < -0.39 is 0 Å². The van der Waals surface area contributed by atoms with Crippen molar-refractivity contribution in [2.75, 3.05) is 19.7 Å². The number of hydrogen-bond donors (Lipinski definition) is 0. The highest BCUT2D eigenvalue weighted by atomic mass is 16.5. The molecule has 2 aliphatic rings. The van der Waals surface area contributed by atoms with Crippen LogP contribution in [0.5, 0.6) is 0 Å². The Labute approximate surface area is 122 Å². The van der Waals surface area contributed by atoms with Crippen molar-refractivity contribution < 1.29 is 4.74 Å². The number of rotatable bonds is 3. The molecule has 2 aromatic heterocycles. The summed E-state index contributed by atoms with van der Waals surface area (Å²) in [5, 5.41) is 17.5. The molecule has 1 saturated heterocycles. The summed E-state index contributed by atoms with van der Waals surface area (Å²) in [5.41, 5.74) is 3.08. The minimum Gasteiger partial charge on any atom is -0.373 e. The third kappa shape index (κ3) is 2.22. The van der Waals surface area contributed by atoms with Crippen LogP contribution in [0.25, 0.3) is 0 Å². The summed E-state index contributed by atoms with van der Waals surface area (Å²) in [7, 11) is 0. The first-order valence-electron chi connectivity index (χ1n) is 7.11. The van der Waals surface area contributed by atoms with Crippen molar-refractivity contribution in [1.82, 2.24) is 24.5 Å². The van der Waals surface area contributed by atoms with Crippen molar-refractivity contribution in [3.63, 3.8) is 0 Å². The van der Waals surface area contributed by atoms with Crippen LogP contribution >= 0.6 is 0 Å². The summed E-state index contributed by atoms with van der Waals surface area (Å²) in [6.07, 6.45) is 5.39. The van der Waals surface area contributed by atoms with E-state index in [0.29, 0.717) is 18.2 Å². The van der Waals surface area contributed by atoms with Gasteiger partial charge in [0.05, 0.1) is 49.5 Å². The predicted molar refractivity (Wildman–Crippen MR) is 73.1 cm³/mol. The van der Waals surface area contributed by atoms with Crippen molar-refractivity contribution in [2.45, 2.75) is 25.7 Å². The van der Waals surface area contributed by atoms with Gasteiger partial charge in [0, 0.05) is 31.4 Å². The van der Waals surface area contributed by atoms with Crippen molar-refractivity contribution in [3.05, 3.63) is 35.4 Å². The van der Waals surface area contributed by atoms with Crippen LogP contribution in [0.15, 0.2) is 18.6 Å². The number of nitrogens with zero attached hydrogens (tertiary/aromatic N) is 6. The van der Waals surface area contributed by atoms with Gasteiger partial charge in [-0.25, -0.2) is 0 Å². The fraction of sp³-hybridized carbons (Fsp3) is 0.500. The van der Waals surface area contributed by atoms with Crippen LogP contribution in [0.2, 0.25) is 0 Å². The molecular weight excluding hydrogens is 268 g/mol. The molecule has 4 rings (SSSR count). The van der Waals surface area contributed by atoms with E-state index in [9.17, 15) is 0 Å². The molecule has 108 valence electrons. The van der Waals surface area contributed by atoms with E-state index in [-0.39, 0.29) is 0 Å². The highest BCUT2D eigenvalue weighted by Crippen LogP contribution is 2.24. The van der Waals surface area contributed by atoms with Crippen LogP contribution < -0.4 is 0 Å². The maximum absolute atomic E-state index is 8.82. The van der Waals surface area contributed by atoms with Gasteiger partial charge in [0.2, 0.25) is 0 Å². The quantitative estimate of drug-likeness (QED) is 0.822. The summed E-state index contributed by atoms with van der Waals surface area (Å²) in [4.78, 5) is 2.37. The normalized spacial score (nSPS) is 19.0. The minimum absolute atomic E-state index is 0.370. The third-order valence-corrected chi connectivity index (χ3v) is 4.16. The van der Waals surface area contributed by atoms with Gasteiger partial charge in [-0.15, -0.1) is 0 Å². The van der Waals surface area contributed by atoms with E-state index in [1.54, 1.807) is 6.20 Å². The summed E-state index contributed by atoms with van der Waals surface area (Å²) >= 11 is 0. The molecule has 0 unspecified atom stereocenters. The lowest BCUT2D eigenvalue weighted by Gasteiger charge is -2.39. The second kappa shape index (κ2) is 4.98. The van der Waals surface area contributed by atoms with Crippen LogP contribution in [0.3, 0.4) is 0 Å². The Morgan fingerprint density at radius 1 is 1.33 bits per heavy atom. The number of hydrogen-bond acceptors (Lipinski definition) is 5. The van der Waals surface area contributed by atoms with Crippen molar-refractivity contribution in [1.29, 1.82) is 5.26 Å². The average molecular weight is 284 g/mol. The molecule has 0 amide bonds. The largest absolute Gasteiger partial charge is 0.373 e. The van der Waals surface area contributed by atoms with Crippen LogP contribution in [0, 0.1) is 11.3 Å². The van der Waals surface area contributed by atoms with Crippen LogP contribution in [-0.4, -0.2) is 44.2 Å². The first kappa shape index (κ1) is 12.6. The molecule has 0 radical (unpaired) electrons. The van der Waals surface area contributed by atoms with Gasteiger partial charge in [-0.05, 0) is 0 Å². The maximum atomic E-state index is 8.82. The third-order valence-electron chi connectivity index (χ3n) is 4.16. The number of nitriles is 1. The highest BCUT2D eigenvalue weighted by molar-refractivity contribution is 5.22. The molecule has 0 N–H and O–H groups in total. The molecule has 0 aromatic carbocycles. The number of ether oxygens (including phenoxy) is 1. The zero-order valence-corrected chi connectivity index (χ0v) is 11.6. The molecule has 0 spiro atoms. The zero-order chi connectivity index (χ0) is 14.2. The Morgan fingerprint density at radius 2 is 2.24 bits per heavy atom. The van der Waals surface area contributed by atoms with E-state index in [0.717, 1.165) is 32.8 Å². The molecule has 4 heterocycles. The van der Waals surface area contributed by atoms with E-state index in [2.05, 4.69) is 21.2 Å². The molecular formula is C14H16N6O. The van der Waals surface area contributed by atoms with Crippen molar-refractivity contribution in [3.8, 4) is 6.07 Å². The van der Waals surface area contributed by atoms with Crippen molar-refractivity contribution in [2.24, 2.45) is 0 Å². The number of likely N-dealkylation sites (tertiary alicyclic amines) is 1. The Balaban J connectivity index is 1.38. The van der Waals surface area contributed by atoms with E-state index >= 15 is 0 Å². The Bertz CT molecular complexity index is 691. The smallest absolute Gasteiger partial charge is 0.102 e. The molecule has 2 aromatic rings.